The molecule has 0 spiro atoms. The van der Waals surface area contributed by atoms with Gasteiger partial charge in [-0.25, -0.2) is 0 Å². The number of hydrogen-bond acceptors (Lipinski definition) is 4. The molecule has 122 valence electrons. The van der Waals surface area contributed by atoms with Crippen LogP contribution in [0.5, 0.6) is 11.5 Å². The van der Waals surface area contributed by atoms with Crippen molar-refractivity contribution < 1.29 is 14.3 Å². The van der Waals surface area contributed by atoms with E-state index in [1.54, 1.807) is 30.2 Å². The van der Waals surface area contributed by atoms with Crippen LogP contribution in [0.2, 0.25) is 0 Å². The van der Waals surface area contributed by atoms with Crippen LogP contribution in [0, 0.1) is 0 Å². The highest BCUT2D eigenvalue weighted by molar-refractivity contribution is 5.97. The van der Waals surface area contributed by atoms with Crippen LogP contribution in [0.1, 0.15) is 15.9 Å². The molecule has 2 aromatic carbocycles. The van der Waals surface area contributed by atoms with Crippen LogP contribution in [0.3, 0.4) is 0 Å². The molecule has 0 aliphatic carbocycles. The summed E-state index contributed by atoms with van der Waals surface area (Å²) in [4.78, 5) is 14.6. The van der Waals surface area contributed by atoms with Crippen LogP contribution in [-0.2, 0) is 6.54 Å². The molecule has 5 nitrogen and oxygen atoms in total. The lowest BCUT2D eigenvalue weighted by Crippen LogP contribution is -2.35. The molecular formula is C18H22N2O3. The SMILES string of the molecule is COc1cccc(C(=O)N(CCN)Cc2ccccc2)c1OC. The molecule has 0 heterocycles. The van der Waals surface area contributed by atoms with Gasteiger partial charge in [-0.1, -0.05) is 36.4 Å². The molecule has 0 atom stereocenters. The summed E-state index contributed by atoms with van der Waals surface area (Å²) in [6.45, 7) is 1.36. The molecule has 0 saturated carbocycles. The van der Waals surface area contributed by atoms with E-state index in [1.165, 1.54) is 7.11 Å². The zero-order valence-corrected chi connectivity index (χ0v) is 13.5. The Morgan fingerprint density at radius 3 is 2.39 bits per heavy atom. The first-order chi connectivity index (χ1) is 11.2. The predicted molar refractivity (Wildman–Crippen MR) is 89.8 cm³/mol. The fourth-order valence-electron chi connectivity index (χ4n) is 2.44. The minimum absolute atomic E-state index is 0.130. The number of para-hydroxylation sites is 1. The number of nitrogens with zero attached hydrogens (tertiary/aromatic N) is 1. The van der Waals surface area contributed by atoms with Crippen molar-refractivity contribution >= 4 is 5.91 Å². The molecule has 23 heavy (non-hydrogen) atoms. The Balaban J connectivity index is 2.31. The molecule has 0 radical (unpaired) electrons. The second kappa shape index (κ2) is 8.19. The summed E-state index contributed by atoms with van der Waals surface area (Å²) in [5.74, 6) is 0.843. The molecule has 2 rings (SSSR count). The maximum atomic E-state index is 12.9. The number of amides is 1. The largest absolute Gasteiger partial charge is 0.493 e. The summed E-state index contributed by atoms with van der Waals surface area (Å²) in [5, 5.41) is 0. The van der Waals surface area contributed by atoms with E-state index in [0.717, 1.165) is 5.56 Å². The second-order valence-electron chi connectivity index (χ2n) is 5.04. The number of rotatable bonds is 7. The third-order valence-corrected chi connectivity index (χ3v) is 3.54. The Hall–Kier alpha value is -2.53. The Bertz CT molecular complexity index is 644. The van der Waals surface area contributed by atoms with E-state index < -0.39 is 0 Å². The lowest BCUT2D eigenvalue weighted by Gasteiger charge is -2.23. The monoisotopic (exact) mass is 314 g/mol. The first-order valence-corrected chi connectivity index (χ1v) is 7.45. The number of methoxy groups -OCH3 is 2. The summed E-state index contributed by atoms with van der Waals surface area (Å²) < 4.78 is 10.6. The Morgan fingerprint density at radius 2 is 1.78 bits per heavy atom. The summed E-state index contributed by atoms with van der Waals surface area (Å²) in [7, 11) is 3.08. The molecule has 0 bridgehead atoms. The molecule has 0 saturated heterocycles. The molecular weight excluding hydrogens is 292 g/mol. The highest BCUT2D eigenvalue weighted by Gasteiger charge is 2.21. The standard InChI is InChI=1S/C18H22N2O3/c1-22-16-10-6-9-15(17(16)23-2)18(21)20(12-11-19)13-14-7-4-3-5-8-14/h3-10H,11-13,19H2,1-2H3. The maximum Gasteiger partial charge on any atom is 0.258 e. The zero-order chi connectivity index (χ0) is 16.7. The molecule has 0 aliphatic heterocycles. The number of nitrogens with two attached hydrogens (primary N) is 1. The fraction of sp³-hybridized carbons (Fsp3) is 0.278. The van der Waals surface area contributed by atoms with Crippen molar-refractivity contribution in [3.63, 3.8) is 0 Å². The molecule has 1 amide bonds. The van der Waals surface area contributed by atoms with E-state index in [4.69, 9.17) is 15.2 Å². The number of carbonyl (C=O) groups excluding carboxylic acids is 1. The van der Waals surface area contributed by atoms with Gasteiger partial charge in [0.25, 0.3) is 5.91 Å². The third-order valence-electron chi connectivity index (χ3n) is 3.54. The van der Waals surface area contributed by atoms with E-state index in [9.17, 15) is 4.79 Å². The zero-order valence-electron chi connectivity index (χ0n) is 13.5. The Labute approximate surface area is 136 Å². The van der Waals surface area contributed by atoms with Crippen molar-refractivity contribution in [3.8, 4) is 11.5 Å². The molecule has 5 heteroatoms. The van der Waals surface area contributed by atoms with Crippen LogP contribution in [0.25, 0.3) is 0 Å². The van der Waals surface area contributed by atoms with Crippen molar-refractivity contribution in [1.82, 2.24) is 4.90 Å². The molecule has 2 aromatic rings. The minimum Gasteiger partial charge on any atom is -0.493 e. The van der Waals surface area contributed by atoms with Crippen molar-refractivity contribution in [3.05, 3.63) is 59.7 Å². The van der Waals surface area contributed by atoms with E-state index >= 15 is 0 Å². The van der Waals surface area contributed by atoms with E-state index in [-0.39, 0.29) is 5.91 Å². The Morgan fingerprint density at radius 1 is 1.04 bits per heavy atom. The van der Waals surface area contributed by atoms with Crippen LogP contribution in [0.4, 0.5) is 0 Å². The summed E-state index contributed by atoms with van der Waals surface area (Å²) in [6.07, 6.45) is 0. The normalized spacial score (nSPS) is 10.2. The van der Waals surface area contributed by atoms with Gasteiger partial charge in [-0.15, -0.1) is 0 Å². The van der Waals surface area contributed by atoms with E-state index in [1.807, 2.05) is 30.3 Å². The average molecular weight is 314 g/mol. The van der Waals surface area contributed by atoms with Gasteiger partial charge in [-0.2, -0.15) is 0 Å². The highest BCUT2D eigenvalue weighted by Crippen LogP contribution is 2.31. The smallest absolute Gasteiger partial charge is 0.258 e. The maximum absolute atomic E-state index is 12.9. The summed E-state index contributed by atoms with van der Waals surface area (Å²) >= 11 is 0. The third kappa shape index (κ3) is 4.02. The fourth-order valence-corrected chi connectivity index (χ4v) is 2.44. The number of benzene rings is 2. The van der Waals surface area contributed by atoms with Gasteiger partial charge in [0.15, 0.2) is 11.5 Å². The number of hydrogen-bond donors (Lipinski definition) is 1. The summed E-state index contributed by atoms with van der Waals surface area (Å²) in [5.41, 5.74) is 7.20. The van der Waals surface area contributed by atoms with E-state index in [2.05, 4.69) is 0 Å². The van der Waals surface area contributed by atoms with E-state index in [0.29, 0.717) is 36.7 Å². The molecule has 0 unspecified atom stereocenters. The minimum atomic E-state index is -0.130. The summed E-state index contributed by atoms with van der Waals surface area (Å²) in [6, 6.07) is 15.1. The van der Waals surface area contributed by atoms with Crippen LogP contribution >= 0.6 is 0 Å². The number of carbonyl (C=O) groups is 1. The molecule has 0 aromatic heterocycles. The van der Waals surface area contributed by atoms with Gasteiger partial charge in [0.2, 0.25) is 0 Å². The predicted octanol–water partition coefficient (Wildman–Crippen LogP) is 2.30. The Kier molecular flexibility index (Phi) is 6.00. The average Bonchev–Trinajstić information content (AvgIpc) is 2.60. The van der Waals surface area contributed by atoms with Crippen LogP contribution in [0.15, 0.2) is 48.5 Å². The molecule has 0 fully saturated rings. The van der Waals surface area contributed by atoms with Crippen molar-refractivity contribution in [2.24, 2.45) is 5.73 Å². The van der Waals surface area contributed by atoms with Crippen LogP contribution in [-0.4, -0.2) is 38.1 Å². The highest BCUT2D eigenvalue weighted by atomic mass is 16.5. The lowest BCUT2D eigenvalue weighted by molar-refractivity contribution is 0.0744. The van der Waals surface area contributed by atoms with Crippen molar-refractivity contribution in [1.29, 1.82) is 0 Å². The van der Waals surface area contributed by atoms with Gasteiger partial charge in [-0.05, 0) is 17.7 Å². The van der Waals surface area contributed by atoms with Gasteiger partial charge in [0, 0.05) is 19.6 Å². The molecule has 2 N–H and O–H groups in total. The first kappa shape index (κ1) is 16.8. The topological polar surface area (TPSA) is 64.8 Å². The number of ether oxygens (including phenoxy) is 2. The van der Waals surface area contributed by atoms with Gasteiger partial charge in [0.1, 0.15) is 0 Å². The quantitative estimate of drug-likeness (QED) is 0.852. The van der Waals surface area contributed by atoms with Crippen molar-refractivity contribution in [2.45, 2.75) is 6.54 Å². The first-order valence-electron chi connectivity index (χ1n) is 7.45. The van der Waals surface area contributed by atoms with Gasteiger partial charge in [-0.3, -0.25) is 4.79 Å². The lowest BCUT2D eigenvalue weighted by atomic mass is 10.1. The van der Waals surface area contributed by atoms with Gasteiger partial charge in [0.05, 0.1) is 19.8 Å². The van der Waals surface area contributed by atoms with Crippen molar-refractivity contribution in [2.75, 3.05) is 27.3 Å². The van der Waals surface area contributed by atoms with Crippen LogP contribution < -0.4 is 15.2 Å². The molecule has 0 aliphatic rings. The second-order valence-corrected chi connectivity index (χ2v) is 5.04. The van der Waals surface area contributed by atoms with Gasteiger partial charge >= 0.3 is 0 Å². The van der Waals surface area contributed by atoms with Gasteiger partial charge < -0.3 is 20.1 Å².